The topological polar surface area (TPSA) is 92.4 Å². The highest BCUT2D eigenvalue weighted by Crippen LogP contribution is 2.32. The molecule has 0 aromatic heterocycles. The fourth-order valence-electron chi connectivity index (χ4n) is 2.26. The van der Waals surface area contributed by atoms with Gasteiger partial charge in [-0.15, -0.1) is 0 Å². The Kier molecular flexibility index (Phi) is 3.91. The van der Waals surface area contributed by atoms with Crippen molar-refractivity contribution < 1.29 is 14.7 Å². The first-order valence-electron chi connectivity index (χ1n) is 5.68. The van der Waals surface area contributed by atoms with E-state index in [0.717, 1.165) is 12.8 Å². The number of amides is 1. The predicted octanol–water partition coefficient (Wildman–Crippen LogP) is 0.483. The monoisotopic (exact) mass is 228 g/mol. The van der Waals surface area contributed by atoms with E-state index < -0.39 is 23.5 Å². The van der Waals surface area contributed by atoms with Gasteiger partial charge >= 0.3 is 5.97 Å². The summed E-state index contributed by atoms with van der Waals surface area (Å²) in [6.07, 6.45) is 2.82. The number of nitrogens with one attached hydrogen (secondary N) is 1. The fourth-order valence-corrected chi connectivity index (χ4v) is 2.26. The maximum Gasteiger partial charge on any atom is 0.329 e. The average molecular weight is 228 g/mol. The summed E-state index contributed by atoms with van der Waals surface area (Å²) in [5.41, 5.74) is 4.33. The molecule has 1 amide bonds. The van der Waals surface area contributed by atoms with Crippen molar-refractivity contribution in [2.75, 3.05) is 0 Å². The number of rotatable bonds is 3. The third-order valence-corrected chi connectivity index (χ3v) is 3.18. The van der Waals surface area contributed by atoms with E-state index >= 15 is 0 Å². The van der Waals surface area contributed by atoms with E-state index in [1.807, 2.05) is 6.92 Å². The van der Waals surface area contributed by atoms with Crippen molar-refractivity contribution in [3.63, 3.8) is 0 Å². The lowest BCUT2D eigenvalue weighted by molar-refractivity contribution is -0.150. The van der Waals surface area contributed by atoms with Crippen molar-refractivity contribution in [2.24, 2.45) is 11.7 Å². The molecule has 0 aliphatic heterocycles. The second-order valence-electron chi connectivity index (χ2n) is 4.87. The van der Waals surface area contributed by atoms with Crippen LogP contribution in [-0.2, 0) is 9.59 Å². The Morgan fingerprint density at radius 3 is 2.62 bits per heavy atom. The molecule has 92 valence electrons. The molecule has 1 aliphatic carbocycles. The minimum Gasteiger partial charge on any atom is -0.480 e. The van der Waals surface area contributed by atoms with Crippen molar-refractivity contribution in [3.8, 4) is 0 Å². The van der Waals surface area contributed by atoms with Crippen LogP contribution in [0.2, 0.25) is 0 Å². The molecule has 0 spiro atoms. The molecular formula is C11H20N2O3. The van der Waals surface area contributed by atoms with Crippen LogP contribution in [0.3, 0.4) is 0 Å². The number of aliphatic carboxylic acids is 1. The van der Waals surface area contributed by atoms with Gasteiger partial charge in [0.1, 0.15) is 5.54 Å². The first kappa shape index (κ1) is 13.0. The summed E-state index contributed by atoms with van der Waals surface area (Å²) >= 11 is 0. The molecule has 0 heterocycles. The molecule has 0 aromatic rings. The van der Waals surface area contributed by atoms with Crippen LogP contribution in [0.15, 0.2) is 0 Å². The molecular weight excluding hydrogens is 208 g/mol. The first-order chi connectivity index (χ1) is 7.37. The van der Waals surface area contributed by atoms with Crippen LogP contribution in [0.1, 0.15) is 39.5 Å². The van der Waals surface area contributed by atoms with E-state index in [1.165, 1.54) is 0 Å². The summed E-state index contributed by atoms with van der Waals surface area (Å²) in [4.78, 5) is 22.9. The third kappa shape index (κ3) is 2.72. The van der Waals surface area contributed by atoms with Gasteiger partial charge in [-0.1, -0.05) is 19.8 Å². The van der Waals surface area contributed by atoms with E-state index in [-0.39, 0.29) is 0 Å². The molecule has 1 fully saturated rings. The Labute approximate surface area is 95.4 Å². The lowest BCUT2D eigenvalue weighted by Crippen LogP contribution is -2.59. The molecule has 1 aliphatic rings. The Bertz CT molecular complexity index is 289. The smallest absolute Gasteiger partial charge is 0.329 e. The number of carboxylic acids is 1. The highest BCUT2D eigenvalue weighted by Gasteiger charge is 2.43. The van der Waals surface area contributed by atoms with Gasteiger partial charge in [-0.2, -0.15) is 0 Å². The largest absolute Gasteiger partial charge is 0.480 e. The molecule has 1 rings (SSSR count). The number of carboxylic acid groups (broad SMARTS) is 1. The highest BCUT2D eigenvalue weighted by molar-refractivity contribution is 5.89. The first-order valence-corrected chi connectivity index (χ1v) is 5.68. The zero-order valence-corrected chi connectivity index (χ0v) is 9.82. The molecule has 4 N–H and O–H groups in total. The maximum atomic E-state index is 11.5. The van der Waals surface area contributed by atoms with Crippen molar-refractivity contribution in [2.45, 2.75) is 51.1 Å². The standard InChI is InChI=1S/C11H20N2O3/c1-7-4-3-5-11(6-7,10(15)16)13-9(14)8(2)12/h7-8H,3-6,12H2,1-2H3,(H,13,14)(H,15,16). The molecule has 0 aromatic carbocycles. The van der Waals surface area contributed by atoms with Crippen molar-refractivity contribution in [1.82, 2.24) is 5.32 Å². The number of hydrogen-bond donors (Lipinski definition) is 3. The highest BCUT2D eigenvalue weighted by atomic mass is 16.4. The number of carbonyl (C=O) groups is 2. The maximum absolute atomic E-state index is 11.5. The third-order valence-electron chi connectivity index (χ3n) is 3.18. The molecule has 3 atom stereocenters. The van der Waals surface area contributed by atoms with Crippen LogP contribution < -0.4 is 11.1 Å². The van der Waals surface area contributed by atoms with E-state index in [2.05, 4.69) is 5.32 Å². The number of nitrogens with two attached hydrogens (primary N) is 1. The van der Waals surface area contributed by atoms with Gasteiger partial charge in [0.25, 0.3) is 0 Å². The van der Waals surface area contributed by atoms with Gasteiger partial charge in [0.2, 0.25) is 5.91 Å². The molecule has 1 saturated carbocycles. The fraction of sp³-hybridized carbons (Fsp3) is 0.818. The van der Waals surface area contributed by atoms with E-state index in [4.69, 9.17) is 5.73 Å². The van der Waals surface area contributed by atoms with Crippen molar-refractivity contribution in [1.29, 1.82) is 0 Å². The van der Waals surface area contributed by atoms with Crippen LogP contribution in [0, 0.1) is 5.92 Å². The molecule has 3 unspecified atom stereocenters. The molecule has 16 heavy (non-hydrogen) atoms. The van der Waals surface area contributed by atoms with Crippen LogP contribution in [0.4, 0.5) is 0 Å². The molecule has 5 heteroatoms. The average Bonchev–Trinajstić information content (AvgIpc) is 2.17. The van der Waals surface area contributed by atoms with Crippen LogP contribution in [-0.4, -0.2) is 28.6 Å². The quantitative estimate of drug-likeness (QED) is 0.655. The van der Waals surface area contributed by atoms with Gasteiger partial charge in [-0.05, 0) is 25.7 Å². The minimum absolute atomic E-state index is 0.318. The molecule has 5 nitrogen and oxygen atoms in total. The van der Waals surface area contributed by atoms with Gasteiger partial charge in [-0.25, -0.2) is 4.79 Å². The number of hydrogen-bond acceptors (Lipinski definition) is 3. The van der Waals surface area contributed by atoms with Crippen molar-refractivity contribution >= 4 is 11.9 Å². The molecule has 0 saturated heterocycles. The Hall–Kier alpha value is -1.10. The Morgan fingerprint density at radius 1 is 1.56 bits per heavy atom. The Morgan fingerprint density at radius 2 is 2.19 bits per heavy atom. The van der Waals surface area contributed by atoms with Crippen LogP contribution >= 0.6 is 0 Å². The lowest BCUT2D eigenvalue weighted by Gasteiger charge is -2.37. The summed E-state index contributed by atoms with van der Waals surface area (Å²) in [5, 5.41) is 11.9. The van der Waals surface area contributed by atoms with E-state index in [9.17, 15) is 14.7 Å². The number of carbonyl (C=O) groups excluding carboxylic acids is 1. The van der Waals surface area contributed by atoms with Gasteiger partial charge in [0.05, 0.1) is 6.04 Å². The lowest BCUT2D eigenvalue weighted by atomic mass is 9.76. The second kappa shape index (κ2) is 4.82. The Balaban J connectivity index is 2.80. The van der Waals surface area contributed by atoms with Gasteiger partial charge in [0, 0.05) is 0 Å². The van der Waals surface area contributed by atoms with Gasteiger partial charge < -0.3 is 16.2 Å². The summed E-state index contributed by atoms with van der Waals surface area (Å²) < 4.78 is 0. The zero-order valence-electron chi connectivity index (χ0n) is 9.82. The van der Waals surface area contributed by atoms with E-state index in [1.54, 1.807) is 6.92 Å². The second-order valence-corrected chi connectivity index (χ2v) is 4.87. The zero-order chi connectivity index (χ0) is 12.3. The summed E-state index contributed by atoms with van der Waals surface area (Å²) in [6, 6.07) is -0.673. The van der Waals surface area contributed by atoms with Crippen LogP contribution in [0.25, 0.3) is 0 Å². The summed E-state index contributed by atoms with van der Waals surface area (Å²) in [5.74, 6) is -1.03. The normalized spacial score (nSPS) is 31.8. The molecule has 0 bridgehead atoms. The van der Waals surface area contributed by atoms with E-state index in [0.29, 0.717) is 18.8 Å². The summed E-state index contributed by atoms with van der Waals surface area (Å²) in [7, 11) is 0. The summed E-state index contributed by atoms with van der Waals surface area (Å²) in [6.45, 7) is 3.56. The predicted molar refractivity (Wildman–Crippen MR) is 59.8 cm³/mol. The van der Waals surface area contributed by atoms with Gasteiger partial charge in [0.15, 0.2) is 0 Å². The molecule has 0 radical (unpaired) electrons. The van der Waals surface area contributed by atoms with Gasteiger partial charge in [-0.3, -0.25) is 4.79 Å². The van der Waals surface area contributed by atoms with Crippen LogP contribution in [0.5, 0.6) is 0 Å². The SMILES string of the molecule is CC1CCCC(NC(=O)C(C)N)(C(=O)O)C1. The minimum atomic E-state index is -1.11. The van der Waals surface area contributed by atoms with Crippen molar-refractivity contribution in [3.05, 3.63) is 0 Å².